The van der Waals surface area contributed by atoms with Gasteiger partial charge in [-0.15, -0.1) is 36.8 Å². The van der Waals surface area contributed by atoms with Gasteiger partial charge in [0.25, 0.3) is 0 Å². The molecule has 0 bridgehead atoms. The van der Waals surface area contributed by atoms with Gasteiger partial charge in [0.05, 0.1) is 0 Å². The number of fused-ring (bicyclic) bond motifs is 3. The van der Waals surface area contributed by atoms with E-state index < -0.39 is 0 Å². The van der Waals surface area contributed by atoms with Crippen molar-refractivity contribution in [3.63, 3.8) is 0 Å². The van der Waals surface area contributed by atoms with Gasteiger partial charge in [-0.05, 0) is 17.5 Å². The fraction of sp³-hybridized carbons (Fsp3) is 0.171. The Morgan fingerprint density at radius 1 is 0.684 bits per heavy atom. The zero-order valence-electron chi connectivity index (χ0n) is 22.4. The van der Waals surface area contributed by atoms with Gasteiger partial charge in [0.1, 0.15) is 0 Å². The molecule has 2 aliphatic rings. The van der Waals surface area contributed by atoms with Gasteiger partial charge < -0.3 is 0 Å². The van der Waals surface area contributed by atoms with Gasteiger partial charge in [0.2, 0.25) is 0 Å². The molecule has 0 atom stereocenters. The van der Waals surface area contributed by atoms with E-state index in [-0.39, 0.29) is 24.8 Å². The van der Waals surface area contributed by atoms with Crippen LogP contribution in [0, 0.1) is 17.6 Å². The quantitative estimate of drug-likeness (QED) is 0.164. The van der Waals surface area contributed by atoms with Gasteiger partial charge in [0.15, 0.2) is 0 Å². The van der Waals surface area contributed by atoms with E-state index in [4.69, 9.17) is 0 Å². The molecule has 0 fully saturated rings. The molecule has 38 heavy (non-hydrogen) atoms. The summed E-state index contributed by atoms with van der Waals surface area (Å²) in [5.74, 6) is 0. The van der Waals surface area contributed by atoms with Crippen LogP contribution < -0.4 is 0 Å². The third-order valence-electron chi connectivity index (χ3n) is 6.06. The van der Waals surface area contributed by atoms with Crippen molar-refractivity contribution in [1.29, 1.82) is 0 Å². The largest absolute Gasteiger partial charge is 0.179 e. The normalized spacial score (nSPS) is 11.8. The summed E-state index contributed by atoms with van der Waals surface area (Å²) in [4.78, 5) is 0. The zero-order chi connectivity index (χ0) is 25.8. The maximum absolute atomic E-state index is 3.34. The predicted molar refractivity (Wildman–Crippen MR) is 167 cm³/mol. The predicted octanol–water partition coefficient (Wildman–Crippen LogP) is 9.94. The maximum Gasteiger partial charge on any atom is -0.0184 e. The molecule has 4 aromatic carbocycles. The Morgan fingerprint density at radius 2 is 1.21 bits per heavy atom. The molecule has 0 unspecified atom stereocenters. The molecule has 6 rings (SSSR count). The molecule has 0 amide bonds. The molecule has 0 saturated carbocycles. The van der Waals surface area contributed by atoms with Crippen molar-refractivity contribution < 1.29 is 24.2 Å². The minimum Gasteiger partial charge on any atom is -0.179 e. The van der Waals surface area contributed by atoms with Gasteiger partial charge in [-0.3, -0.25) is 6.08 Å². The first-order valence-electron chi connectivity index (χ1n) is 12.3. The molecule has 0 spiro atoms. The Morgan fingerprint density at radius 3 is 1.71 bits per heavy atom. The molecule has 0 nitrogen and oxygen atoms in total. The minimum absolute atomic E-state index is 0. The second-order valence-electron chi connectivity index (χ2n) is 9.59. The SMILES string of the molecule is CC(C)(C)C1=CC[C-]=C1.Cl.Cl.[CH2]=[Zr+2].[c-]1cccc2c1Cc1ccccc1-2.c1ccc(-c2ccccc2)cc1. The monoisotopic (exact) mass is 616 g/mol. The fourth-order valence-corrected chi connectivity index (χ4v) is 4.18. The first-order valence-corrected chi connectivity index (χ1v) is 14.1. The van der Waals surface area contributed by atoms with E-state index >= 15 is 0 Å². The maximum atomic E-state index is 3.34. The second kappa shape index (κ2) is 17.3. The summed E-state index contributed by atoms with van der Waals surface area (Å²) < 4.78 is 3.34. The van der Waals surface area contributed by atoms with E-state index in [1.54, 1.807) is 0 Å². The smallest absolute Gasteiger partial charge is 0.0184 e. The molecule has 2 aliphatic carbocycles. The number of hydrogen-bond acceptors (Lipinski definition) is 0. The summed E-state index contributed by atoms with van der Waals surface area (Å²) in [7, 11) is 0. The Hall–Kier alpha value is -2.31. The minimum atomic E-state index is 0. The number of rotatable bonds is 1. The Balaban J connectivity index is 0.000000273. The fourth-order valence-electron chi connectivity index (χ4n) is 4.18. The van der Waals surface area contributed by atoms with Crippen LogP contribution in [0.1, 0.15) is 38.3 Å². The summed E-state index contributed by atoms with van der Waals surface area (Å²) in [6, 6.07) is 38.9. The molecular formula is C35H36Cl2Zr. The molecule has 0 heterocycles. The van der Waals surface area contributed by atoms with Crippen LogP contribution in [0.15, 0.2) is 121 Å². The van der Waals surface area contributed by atoms with Crippen molar-refractivity contribution >= 4 is 29.0 Å². The molecule has 194 valence electrons. The number of allylic oxidation sites excluding steroid dienone is 4. The van der Waals surface area contributed by atoms with Gasteiger partial charge in [0, 0.05) is 0 Å². The van der Waals surface area contributed by atoms with Crippen LogP contribution in [0.2, 0.25) is 0 Å². The number of benzene rings is 4. The van der Waals surface area contributed by atoms with Gasteiger partial charge in [-0.1, -0.05) is 122 Å². The average Bonchev–Trinajstić information content (AvgIpc) is 3.61. The van der Waals surface area contributed by atoms with E-state index in [1.807, 2.05) is 18.2 Å². The van der Waals surface area contributed by atoms with E-state index in [9.17, 15) is 0 Å². The number of hydrogen-bond donors (Lipinski definition) is 0. The van der Waals surface area contributed by atoms with Gasteiger partial charge in [-0.2, -0.15) is 41.5 Å². The molecule has 0 N–H and O–H groups in total. The van der Waals surface area contributed by atoms with Crippen molar-refractivity contribution in [3.8, 4) is 22.3 Å². The molecule has 4 aromatic rings. The van der Waals surface area contributed by atoms with Crippen LogP contribution in [-0.4, -0.2) is 4.21 Å². The second-order valence-corrected chi connectivity index (χ2v) is 9.59. The van der Waals surface area contributed by atoms with Crippen LogP contribution in [0.3, 0.4) is 0 Å². The summed E-state index contributed by atoms with van der Waals surface area (Å²) in [6.07, 6.45) is 9.55. The standard InChI is InChI=1S/C13H9.C12H10.C9H13.CH2.2ClH.Zr/c1-3-7-12-10(5-1)9-11-6-2-4-8-13(11)12;1-3-7-11(8-4-1)12-9-5-2-6-10-12;1-9(2,3)8-6-4-5-7-8;;;;/h1-5,7-8H,9H2;1-10H;6-7H,4H2,1-3H3;1H2;2*1H;/q-1;;-1;;;;+2. The summed E-state index contributed by atoms with van der Waals surface area (Å²) in [5, 5.41) is 0. The van der Waals surface area contributed by atoms with Crippen LogP contribution in [0.4, 0.5) is 0 Å². The topological polar surface area (TPSA) is 0 Å². The van der Waals surface area contributed by atoms with Crippen LogP contribution in [-0.2, 0) is 30.7 Å². The van der Waals surface area contributed by atoms with Gasteiger partial charge >= 0.3 is 28.4 Å². The van der Waals surface area contributed by atoms with E-state index in [2.05, 4.69) is 134 Å². The van der Waals surface area contributed by atoms with Crippen molar-refractivity contribution in [2.75, 3.05) is 0 Å². The van der Waals surface area contributed by atoms with Crippen molar-refractivity contribution in [2.45, 2.75) is 33.6 Å². The molecule has 3 heteroatoms. The molecule has 0 radical (unpaired) electrons. The van der Waals surface area contributed by atoms with Crippen LogP contribution in [0.5, 0.6) is 0 Å². The zero-order valence-corrected chi connectivity index (χ0v) is 26.5. The first kappa shape index (κ1) is 33.7. The first-order chi connectivity index (χ1) is 17.5. The van der Waals surface area contributed by atoms with E-state index in [1.165, 1.54) is 63.2 Å². The summed E-state index contributed by atoms with van der Waals surface area (Å²) in [6.45, 7) is 6.67. The van der Waals surface area contributed by atoms with E-state index in [0.29, 0.717) is 5.41 Å². The van der Waals surface area contributed by atoms with Crippen molar-refractivity contribution in [2.24, 2.45) is 5.41 Å². The molecule has 0 aliphatic heterocycles. The van der Waals surface area contributed by atoms with E-state index in [0.717, 1.165) is 12.8 Å². The summed E-state index contributed by atoms with van der Waals surface area (Å²) >= 11 is 1.30. The third-order valence-corrected chi connectivity index (χ3v) is 6.06. The molecule has 0 aromatic heterocycles. The van der Waals surface area contributed by atoms with Crippen LogP contribution >= 0.6 is 24.8 Å². The average molecular weight is 619 g/mol. The Kier molecular flexibility index (Phi) is 15.4. The van der Waals surface area contributed by atoms with Crippen LogP contribution in [0.25, 0.3) is 22.3 Å². The molecular weight excluding hydrogens is 583 g/mol. The third kappa shape index (κ3) is 9.78. The van der Waals surface area contributed by atoms with Crippen molar-refractivity contribution in [1.82, 2.24) is 0 Å². The number of halogens is 2. The molecule has 0 saturated heterocycles. The summed E-state index contributed by atoms with van der Waals surface area (Å²) in [5.41, 5.74) is 9.80. The van der Waals surface area contributed by atoms with Gasteiger partial charge in [-0.25, -0.2) is 6.08 Å². The Bertz CT molecular complexity index is 1210. The van der Waals surface area contributed by atoms with Crippen molar-refractivity contribution in [3.05, 3.63) is 144 Å². The Labute approximate surface area is 257 Å².